The Labute approximate surface area is 111 Å². The van der Waals surface area contributed by atoms with Crippen molar-refractivity contribution in [2.24, 2.45) is 0 Å². The molecule has 0 spiro atoms. The molecule has 0 bridgehead atoms. The first-order valence-electron chi connectivity index (χ1n) is 6.31. The Balaban J connectivity index is 2.18. The van der Waals surface area contributed by atoms with Gasteiger partial charge in [-0.05, 0) is 25.1 Å². The van der Waals surface area contributed by atoms with Crippen molar-refractivity contribution >= 4 is 17.3 Å². The highest BCUT2D eigenvalue weighted by Gasteiger charge is 2.30. The van der Waals surface area contributed by atoms with E-state index in [9.17, 15) is 15.0 Å². The summed E-state index contributed by atoms with van der Waals surface area (Å²) in [6.07, 6.45) is -1.52. The summed E-state index contributed by atoms with van der Waals surface area (Å²) in [6, 6.07) is 5.04. The summed E-state index contributed by atoms with van der Waals surface area (Å²) in [5.41, 5.74) is 7.63. The number of nitrogen functional groups attached to an aromatic ring is 1. The maximum atomic E-state index is 11.7. The van der Waals surface area contributed by atoms with Crippen molar-refractivity contribution in [1.82, 2.24) is 5.32 Å². The minimum atomic E-state index is -0.762. The second kappa shape index (κ2) is 5.46. The van der Waals surface area contributed by atoms with Gasteiger partial charge in [-0.3, -0.25) is 4.79 Å². The van der Waals surface area contributed by atoms with Crippen LogP contribution in [0.3, 0.4) is 0 Å². The van der Waals surface area contributed by atoms with E-state index < -0.39 is 12.2 Å². The van der Waals surface area contributed by atoms with Gasteiger partial charge in [0.1, 0.15) is 0 Å². The van der Waals surface area contributed by atoms with Gasteiger partial charge in [-0.1, -0.05) is 0 Å². The van der Waals surface area contributed by atoms with Crippen LogP contribution in [-0.2, 0) is 0 Å². The summed E-state index contributed by atoms with van der Waals surface area (Å²) in [5.74, 6) is -0.165. The molecule has 104 valence electrons. The third kappa shape index (κ3) is 2.80. The molecule has 19 heavy (non-hydrogen) atoms. The van der Waals surface area contributed by atoms with Crippen LogP contribution in [0.4, 0.5) is 11.4 Å². The number of hydrogen-bond donors (Lipinski definition) is 4. The van der Waals surface area contributed by atoms with Crippen molar-refractivity contribution in [1.29, 1.82) is 0 Å². The number of nitrogens with zero attached hydrogens (tertiary/aromatic N) is 1. The monoisotopic (exact) mass is 265 g/mol. The fraction of sp³-hybridized carbons (Fsp3) is 0.462. The SMILES string of the molecule is CCNC(=O)c1ccc(N2CC(O)C(O)C2)c(N)c1. The number of aliphatic hydroxyl groups is 2. The third-order valence-corrected chi connectivity index (χ3v) is 3.23. The Morgan fingerprint density at radius 2 is 2.05 bits per heavy atom. The molecule has 1 amide bonds. The molecule has 0 aromatic heterocycles. The van der Waals surface area contributed by atoms with E-state index in [1.54, 1.807) is 18.2 Å². The van der Waals surface area contributed by atoms with Crippen molar-refractivity contribution in [3.8, 4) is 0 Å². The number of amides is 1. The molecule has 2 atom stereocenters. The fourth-order valence-corrected chi connectivity index (χ4v) is 2.21. The second-order valence-corrected chi connectivity index (χ2v) is 4.67. The number of β-amino-alcohol motifs (C(OH)–C–C–N with tert-alkyl or cyclic N) is 2. The Kier molecular flexibility index (Phi) is 3.92. The van der Waals surface area contributed by atoms with Crippen LogP contribution in [0, 0.1) is 0 Å². The molecule has 1 aromatic rings. The number of carbonyl (C=O) groups is 1. The lowest BCUT2D eigenvalue weighted by Crippen LogP contribution is -2.24. The van der Waals surface area contributed by atoms with Gasteiger partial charge in [0.05, 0.1) is 23.6 Å². The van der Waals surface area contributed by atoms with E-state index in [0.29, 0.717) is 30.9 Å². The van der Waals surface area contributed by atoms with E-state index >= 15 is 0 Å². The van der Waals surface area contributed by atoms with Gasteiger partial charge in [0.2, 0.25) is 0 Å². The van der Waals surface area contributed by atoms with E-state index in [1.807, 2.05) is 11.8 Å². The average Bonchev–Trinajstić information content (AvgIpc) is 2.69. The first-order chi connectivity index (χ1) is 9.02. The van der Waals surface area contributed by atoms with Gasteiger partial charge in [0.25, 0.3) is 5.91 Å². The zero-order valence-corrected chi connectivity index (χ0v) is 10.8. The molecule has 2 rings (SSSR count). The van der Waals surface area contributed by atoms with Crippen LogP contribution in [0.25, 0.3) is 0 Å². The van der Waals surface area contributed by atoms with E-state index in [4.69, 9.17) is 5.73 Å². The largest absolute Gasteiger partial charge is 0.397 e. The molecule has 1 heterocycles. The summed E-state index contributed by atoms with van der Waals surface area (Å²) >= 11 is 0. The molecule has 0 radical (unpaired) electrons. The summed E-state index contributed by atoms with van der Waals surface area (Å²) in [7, 11) is 0. The molecular weight excluding hydrogens is 246 g/mol. The molecular formula is C13H19N3O3. The van der Waals surface area contributed by atoms with Crippen LogP contribution in [0.5, 0.6) is 0 Å². The first kappa shape index (κ1) is 13.6. The molecule has 1 aromatic carbocycles. The van der Waals surface area contributed by atoms with Crippen molar-refractivity contribution in [3.05, 3.63) is 23.8 Å². The lowest BCUT2D eigenvalue weighted by atomic mass is 10.1. The summed E-state index contributed by atoms with van der Waals surface area (Å²) in [4.78, 5) is 13.5. The number of anilines is 2. The second-order valence-electron chi connectivity index (χ2n) is 4.67. The predicted molar refractivity (Wildman–Crippen MR) is 73.1 cm³/mol. The molecule has 1 saturated heterocycles. The van der Waals surface area contributed by atoms with Crippen LogP contribution < -0.4 is 16.0 Å². The zero-order valence-electron chi connectivity index (χ0n) is 10.8. The lowest BCUT2D eigenvalue weighted by molar-refractivity contribution is 0.0572. The van der Waals surface area contributed by atoms with E-state index in [-0.39, 0.29) is 5.91 Å². The minimum absolute atomic E-state index is 0.165. The topological polar surface area (TPSA) is 98.8 Å². The van der Waals surface area contributed by atoms with Gasteiger partial charge in [0, 0.05) is 25.2 Å². The van der Waals surface area contributed by atoms with Gasteiger partial charge in [-0.15, -0.1) is 0 Å². The molecule has 0 aliphatic carbocycles. The molecule has 0 saturated carbocycles. The standard InChI is InChI=1S/C13H19N3O3/c1-2-15-13(19)8-3-4-10(9(14)5-8)16-6-11(17)12(18)7-16/h3-5,11-12,17-18H,2,6-7,14H2,1H3,(H,15,19). The van der Waals surface area contributed by atoms with E-state index in [2.05, 4.69) is 5.32 Å². The number of hydrogen-bond acceptors (Lipinski definition) is 5. The van der Waals surface area contributed by atoms with Crippen LogP contribution in [0.15, 0.2) is 18.2 Å². The lowest BCUT2D eigenvalue weighted by Gasteiger charge is -2.20. The maximum Gasteiger partial charge on any atom is 0.251 e. The molecule has 6 nitrogen and oxygen atoms in total. The third-order valence-electron chi connectivity index (χ3n) is 3.23. The van der Waals surface area contributed by atoms with Gasteiger partial charge in [0.15, 0.2) is 0 Å². The van der Waals surface area contributed by atoms with Gasteiger partial charge in [-0.25, -0.2) is 0 Å². The highest BCUT2D eigenvalue weighted by molar-refractivity contribution is 5.96. The average molecular weight is 265 g/mol. The number of nitrogens with two attached hydrogens (primary N) is 1. The smallest absolute Gasteiger partial charge is 0.251 e. The Morgan fingerprint density at radius 3 is 2.58 bits per heavy atom. The van der Waals surface area contributed by atoms with Gasteiger partial charge >= 0.3 is 0 Å². The number of benzene rings is 1. The first-order valence-corrected chi connectivity index (χ1v) is 6.31. The molecule has 1 aliphatic heterocycles. The summed E-state index contributed by atoms with van der Waals surface area (Å²) in [6.45, 7) is 3.09. The van der Waals surface area contributed by atoms with Crippen LogP contribution >= 0.6 is 0 Å². The van der Waals surface area contributed by atoms with Crippen molar-refractivity contribution in [3.63, 3.8) is 0 Å². The van der Waals surface area contributed by atoms with Crippen LogP contribution in [-0.4, -0.2) is 48.0 Å². The van der Waals surface area contributed by atoms with Crippen LogP contribution in [0.1, 0.15) is 17.3 Å². The minimum Gasteiger partial charge on any atom is -0.397 e. The Hall–Kier alpha value is -1.79. The number of aliphatic hydroxyl groups excluding tert-OH is 2. The van der Waals surface area contributed by atoms with E-state index in [1.165, 1.54) is 0 Å². The van der Waals surface area contributed by atoms with Crippen LogP contribution in [0.2, 0.25) is 0 Å². The zero-order chi connectivity index (χ0) is 14.0. The molecule has 2 unspecified atom stereocenters. The predicted octanol–water partition coefficient (Wildman–Crippen LogP) is -0.440. The Bertz CT molecular complexity index is 468. The van der Waals surface area contributed by atoms with Gasteiger partial charge in [-0.2, -0.15) is 0 Å². The van der Waals surface area contributed by atoms with E-state index in [0.717, 1.165) is 5.69 Å². The van der Waals surface area contributed by atoms with Crippen molar-refractivity contribution in [2.45, 2.75) is 19.1 Å². The number of carbonyl (C=O) groups excluding carboxylic acids is 1. The molecule has 1 aliphatic rings. The quantitative estimate of drug-likeness (QED) is 0.555. The maximum absolute atomic E-state index is 11.7. The molecule has 1 fully saturated rings. The number of rotatable bonds is 3. The summed E-state index contributed by atoms with van der Waals surface area (Å²) < 4.78 is 0. The molecule has 6 heteroatoms. The summed E-state index contributed by atoms with van der Waals surface area (Å²) in [5, 5.41) is 21.8. The fourth-order valence-electron chi connectivity index (χ4n) is 2.21. The molecule has 5 N–H and O–H groups in total. The highest BCUT2D eigenvalue weighted by atomic mass is 16.3. The highest BCUT2D eigenvalue weighted by Crippen LogP contribution is 2.27. The van der Waals surface area contributed by atoms with Gasteiger partial charge < -0.3 is 26.2 Å². The normalized spacial score (nSPS) is 22.6. The van der Waals surface area contributed by atoms with Crippen molar-refractivity contribution < 1.29 is 15.0 Å². The van der Waals surface area contributed by atoms with Crippen molar-refractivity contribution in [2.75, 3.05) is 30.3 Å². The number of nitrogens with one attached hydrogen (secondary N) is 1. The Morgan fingerprint density at radius 1 is 1.42 bits per heavy atom.